The number of benzene rings is 2. The molecule has 29 heavy (non-hydrogen) atoms. The third-order valence-corrected chi connectivity index (χ3v) is 5.11. The molecule has 0 bridgehead atoms. The maximum absolute atomic E-state index is 13.1. The van der Waals surface area contributed by atoms with E-state index in [1.165, 1.54) is 4.68 Å². The molecule has 4 rings (SSSR count). The number of piperazine rings is 1. The first-order valence-corrected chi connectivity index (χ1v) is 9.27. The van der Waals surface area contributed by atoms with Crippen molar-refractivity contribution in [3.05, 3.63) is 70.6 Å². The van der Waals surface area contributed by atoms with Crippen molar-refractivity contribution in [2.75, 3.05) is 26.7 Å². The molecule has 1 amide bonds. The second kappa shape index (κ2) is 9.07. The van der Waals surface area contributed by atoms with Gasteiger partial charge in [-0.2, -0.15) is 5.10 Å². The van der Waals surface area contributed by atoms with Crippen molar-refractivity contribution in [1.82, 2.24) is 20.0 Å². The number of carbonyl (C=O) groups excluding carboxylic acids is 1. The quantitative estimate of drug-likeness (QED) is 0.706. The fourth-order valence-electron chi connectivity index (χ4n) is 3.68. The highest BCUT2D eigenvalue weighted by Gasteiger charge is 2.30. The van der Waals surface area contributed by atoms with Gasteiger partial charge in [-0.15, -0.1) is 12.4 Å². The number of nitrogens with zero attached hydrogens (tertiary/aromatic N) is 3. The molecule has 8 heteroatoms. The van der Waals surface area contributed by atoms with Gasteiger partial charge in [-0.25, -0.2) is 4.68 Å². The molecule has 0 spiro atoms. The zero-order chi connectivity index (χ0) is 19.5. The normalized spacial score (nSPS) is 16.3. The molecular weight excluding hydrogens is 392 g/mol. The molecule has 1 aliphatic rings. The molecule has 2 aromatic carbocycles. The van der Waals surface area contributed by atoms with Crippen LogP contribution in [0.2, 0.25) is 0 Å². The predicted octanol–water partition coefficient (Wildman–Crippen LogP) is 2.00. The zero-order valence-corrected chi connectivity index (χ0v) is 16.9. The van der Waals surface area contributed by atoms with Crippen LogP contribution in [-0.2, 0) is 11.3 Å². The highest BCUT2D eigenvalue weighted by molar-refractivity contribution is 5.85. The van der Waals surface area contributed by atoms with Gasteiger partial charge in [0.1, 0.15) is 12.3 Å². The van der Waals surface area contributed by atoms with Crippen LogP contribution in [0.1, 0.15) is 11.6 Å². The number of carbonyl (C=O) groups is 1. The number of para-hydroxylation sites is 1. The third kappa shape index (κ3) is 4.11. The summed E-state index contributed by atoms with van der Waals surface area (Å²) in [4.78, 5) is 27.6. The summed E-state index contributed by atoms with van der Waals surface area (Å²) in [6.45, 7) is 1.81. The van der Waals surface area contributed by atoms with Gasteiger partial charge in [-0.1, -0.05) is 36.4 Å². The molecule has 3 aromatic rings. The molecule has 1 unspecified atom stereocenters. The average molecular weight is 415 g/mol. The first kappa shape index (κ1) is 20.8. The average Bonchev–Trinajstić information content (AvgIpc) is 2.75. The van der Waals surface area contributed by atoms with Crippen molar-refractivity contribution in [3.63, 3.8) is 0 Å². The van der Waals surface area contributed by atoms with Crippen molar-refractivity contribution < 1.29 is 9.53 Å². The Morgan fingerprint density at radius 1 is 1.21 bits per heavy atom. The van der Waals surface area contributed by atoms with Crippen LogP contribution >= 0.6 is 12.4 Å². The van der Waals surface area contributed by atoms with Crippen molar-refractivity contribution in [2.45, 2.75) is 12.6 Å². The number of nitrogens with one attached hydrogen (secondary N) is 1. The van der Waals surface area contributed by atoms with Crippen LogP contribution in [0.4, 0.5) is 0 Å². The van der Waals surface area contributed by atoms with Gasteiger partial charge in [0.25, 0.3) is 5.56 Å². The van der Waals surface area contributed by atoms with Crippen LogP contribution in [0.15, 0.2) is 59.5 Å². The van der Waals surface area contributed by atoms with Gasteiger partial charge in [0.05, 0.1) is 24.7 Å². The van der Waals surface area contributed by atoms with Gasteiger partial charge in [0, 0.05) is 30.6 Å². The minimum Gasteiger partial charge on any atom is -0.496 e. The minimum absolute atomic E-state index is 0. The number of fused-ring (bicyclic) bond motifs is 1. The largest absolute Gasteiger partial charge is 0.496 e. The molecule has 0 saturated carbocycles. The Labute approximate surface area is 174 Å². The Bertz CT molecular complexity index is 1070. The van der Waals surface area contributed by atoms with Crippen LogP contribution in [0.25, 0.3) is 10.8 Å². The van der Waals surface area contributed by atoms with E-state index in [4.69, 9.17) is 4.74 Å². The Kier molecular flexibility index (Phi) is 6.51. The van der Waals surface area contributed by atoms with E-state index >= 15 is 0 Å². The van der Waals surface area contributed by atoms with E-state index < -0.39 is 0 Å². The van der Waals surface area contributed by atoms with Gasteiger partial charge in [0.15, 0.2) is 0 Å². The van der Waals surface area contributed by atoms with Crippen molar-refractivity contribution in [1.29, 1.82) is 0 Å². The Hall–Kier alpha value is -2.90. The van der Waals surface area contributed by atoms with Gasteiger partial charge < -0.3 is 15.0 Å². The van der Waals surface area contributed by atoms with Crippen LogP contribution in [-0.4, -0.2) is 47.3 Å². The highest BCUT2D eigenvalue weighted by atomic mass is 35.5. The van der Waals surface area contributed by atoms with E-state index in [0.717, 1.165) is 16.7 Å². The summed E-state index contributed by atoms with van der Waals surface area (Å²) in [6.07, 6.45) is 1.62. The lowest BCUT2D eigenvalue weighted by molar-refractivity contribution is -0.135. The zero-order valence-electron chi connectivity index (χ0n) is 16.1. The Balaban J connectivity index is 0.00000240. The lowest BCUT2D eigenvalue weighted by Gasteiger charge is -2.37. The molecule has 1 aliphatic heterocycles. The predicted molar refractivity (Wildman–Crippen MR) is 114 cm³/mol. The molecule has 0 radical (unpaired) electrons. The molecule has 7 nitrogen and oxygen atoms in total. The first-order valence-electron chi connectivity index (χ1n) is 9.27. The molecule has 1 saturated heterocycles. The maximum atomic E-state index is 13.1. The number of rotatable bonds is 4. The molecular formula is C21H23ClN4O3. The van der Waals surface area contributed by atoms with E-state index in [9.17, 15) is 9.59 Å². The SMILES string of the molecule is COc1ccccc1C1CNCCN1C(=O)Cn1ncc2ccccc2c1=O.Cl. The van der Waals surface area contributed by atoms with Crippen LogP contribution in [0.5, 0.6) is 5.75 Å². The van der Waals surface area contributed by atoms with Gasteiger partial charge >= 0.3 is 0 Å². The van der Waals surface area contributed by atoms with Gasteiger partial charge in [0.2, 0.25) is 5.91 Å². The summed E-state index contributed by atoms with van der Waals surface area (Å²) < 4.78 is 6.72. The number of halogens is 1. The second-order valence-electron chi connectivity index (χ2n) is 6.74. The molecule has 2 heterocycles. The van der Waals surface area contributed by atoms with Crippen molar-refractivity contribution >= 4 is 29.1 Å². The van der Waals surface area contributed by atoms with Gasteiger partial charge in [-0.05, 0) is 12.1 Å². The number of aromatic nitrogens is 2. The summed E-state index contributed by atoms with van der Waals surface area (Å²) in [6, 6.07) is 14.8. The van der Waals surface area contributed by atoms with E-state index in [1.807, 2.05) is 42.5 Å². The monoisotopic (exact) mass is 414 g/mol. The number of methoxy groups -OCH3 is 1. The smallest absolute Gasteiger partial charge is 0.275 e. The Morgan fingerprint density at radius 3 is 2.79 bits per heavy atom. The summed E-state index contributed by atoms with van der Waals surface area (Å²) in [5, 5.41) is 8.86. The standard InChI is InChI=1S/C21H22N4O3.ClH/c1-28-19-9-5-4-8-17(19)18-13-22-10-11-24(18)20(26)14-25-21(27)16-7-3-2-6-15(16)12-23-25;/h2-9,12,18,22H,10-11,13-14H2,1H3;1H. The second-order valence-corrected chi connectivity index (χ2v) is 6.74. The molecule has 0 aliphatic carbocycles. The summed E-state index contributed by atoms with van der Waals surface area (Å²) in [5.74, 6) is 0.609. The van der Waals surface area contributed by atoms with Crippen molar-refractivity contribution in [3.8, 4) is 5.75 Å². The molecule has 1 fully saturated rings. The molecule has 1 atom stereocenters. The minimum atomic E-state index is -0.254. The van der Waals surface area contributed by atoms with E-state index in [-0.39, 0.29) is 36.5 Å². The first-order chi connectivity index (χ1) is 13.7. The molecule has 152 valence electrons. The van der Waals surface area contributed by atoms with E-state index in [0.29, 0.717) is 25.0 Å². The fourth-order valence-corrected chi connectivity index (χ4v) is 3.68. The van der Waals surface area contributed by atoms with E-state index in [2.05, 4.69) is 10.4 Å². The fraction of sp³-hybridized carbons (Fsp3) is 0.286. The maximum Gasteiger partial charge on any atom is 0.275 e. The van der Waals surface area contributed by atoms with Crippen LogP contribution < -0.4 is 15.6 Å². The Morgan fingerprint density at radius 2 is 1.97 bits per heavy atom. The number of hydrogen-bond acceptors (Lipinski definition) is 5. The summed E-state index contributed by atoms with van der Waals surface area (Å²) >= 11 is 0. The van der Waals surface area contributed by atoms with Gasteiger partial charge in [-0.3, -0.25) is 9.59 Å². The third-order valence-electron chi connectivity index (χ3n) is 5.11. The summed E-state index contributed by atoms with van der Waals surface area (Å²) in [5.41, 5.74) is 0.694. The highest BCUT2D eigenvalue weighted by Crippen LogP contribution is 2.30. The number of hydrogen-bond donors (Lipinski definition) is 1. The van der Waals surface area contributed by atoms with E-state index in [1.54, 1.807) is 24.3 Å². The summed E-state index contributed by atoms with van der Waals surface area (Å²) in [7, 11) is 1.62. The molecule has 1 N–H and O–H groups in total. The topological polar surface area (TPSA) is 76.5 Å². The van der Waals surface area contributed by atoms with Crippen LogP contribution in [0, 0.1) is 0 Å². The lowest BCUT2D eigenvalue weighted by Crippen LogP contribution is -2.50. The molecule has 1 aromatic heterocycles. The number of ether oxygens (including phenoxy) is 1. The van der Waals surface area contributed by atoms with Crippen LogP contribution in [0.3, 0.4) is 0 Å². The lowest BCUT2D eigenvalue weighted by atomic mass is 10.0. The number of amides is 1. The van der Waals surface area contributed by atoms with Crippen molar-refractivity contribution in [2.24, 2.45) is 0 Å².